The van der Waals surface area contributed by atoms with E-state index >= 15 is 0 Å². The van der Waals surface area contributed by atoms with E-state index in [0.717, 1.165) is 4.68 Å². The molecule has 34 heavy (non-hydrogen) atoms. The summed E-state index contributed by atoms with van der Waals surface area (Å²) in [6.07, 6.45) is 1.81. The largest absolute Gasteiger partial charge is 0.442 e. The molecule has 2 aliphatic rings. The van der Waals surface area contributed by atoms with Crippen molar-refractivity contribution >= 4 is 33.4 Å². The van der Waals surface area contributed by atoms with E-state index in [-0.39, 0.29) is 6.04 Å². The Bertz CT molecular complexity index is 1200. The van der Waals surface area contributed by atoms with Crippen LogP contribution < -0.4 is 10.2 Å². The summed E-state index contributed by atoms with van der Waals surface area (Å²) in [5, 5.41) is 7.45. The van der Waals surface area contributed by atoms with Crippen LogP contribution in [0.2, 0.25) is 0 Å². The Morgan fingerprint density at radius 1 is 1.26 bits per heavy atom. The number of hydrogen-bond acceptors (Lipinski definition) is 9. The maximum absolute atomic E-state index is 12.7. The molecule has 0 radical (unpaired) electrons. The highest BCUT2D eigenvalue weighted by Crippen LogP contribution is 2.53. The summed E-state index contributed by atoms with van der Waals surface area (Å²) >= 11 is 0. The zero-order valence-corrected chi connectivity index (χ0v) is 21.4. The number of aryl methyl sites for hydroxylation is 1. The van der Waals surface area contributed by atoms with Crippen molar-refractivity contribution in [2.24, 2.45) is 0 Å². The summed E-state index contributed by atoms with van der Waals surface area (Å²) in [4.78, 5) is 19.6. The fourth-order valence-corrected chi connectivity index (χ4v) is 5.60. The van der Waals surface area contributed by atoms with Gasteiger partial charge in [0.1, 0.15) is 23.1 Å². The Morgan fingerprint density at radius 2 is 1.97 bits per heavy atom. The van der Waals surface area contributed by atoms with Crippen molar-refractivity contribution in [3.05, 3.63) is 29.5 Å². The molecule has 0 unspecified atom stereocenters. The fourth-order valence-electron chi connectivity index (χ4n) is 4.21. The first kappa shape index (κ1) is 24.5. The Labute approximate surface area is 200 Å². The van der Waals surface area contributed by atoms with Gasteiger partial charge in [-0.2, -0.15) is 5.10 Å². The van der Waals surface area contributed by atoms with Crippen molar-refractivity contribution in [3.63, 3.8) is 0 Å². The van der Waals surface area contributed by atoms with E-state index in [1.807, 2.05) is 13.0 Å². The minimum absolute atomic E-state index is 0.0901. The SMILES string of the molecule is Cc1cc(Nc2cc(C3(S(C)(=O)=O)CC3)cc(N3CCOC[C@H]3C)n2)n(C(=O)OC(C)(C)C)n1. The van der Waals surface area contributed by atoms with Crippen LogP contribution in [-0.4, -0.2) is 66.9 Å². The first-order chi connectivity index (χ1) is 15.8. The van der Waals surface area contributed by atoms with Gasteiger partial charge in [0.15, 0.2) is 9.84 Å². The van der Waals surface area contributed by atoms with Crippen LogP contribution in [0.1, 0.15) is 51.8 Å². The Hall–Kier alpha value is -2.66. The van der Waals surface area contributed by atoms with Gasteiger partial charge in [0.25, 0.3) is 0 Å². The summed E-state index contributed by atoms with van der Waals surface area (Å²) in [5.74, 6) is 1.50. The first-order valence-electron chi connectivity index (χ1n) is 11.4. The third kappa shape index (κ3) is 4.90. The number of rotatable bonds is 5. The van der Waals surface area contributed by atoms with E-state index in [0.29, 0.717) is 61.3 Å². The van der Waals surface area contributed by atoms with Gasteiger partial charge in [0.05, 0.1) is 29.7 Å². The highest BCUT2D eigenvalue weighted by atomic mass is 32.2. The lowest BCUT2D eigenvalue weighted by molar-refractivity contribution is 0.0518. The normalized spacial score (nSPS) is 20.2. The summed E-state index contributed by atoms with van der Waals surface area (Å²) in [6.45, 7) is 11.0. The molecule has 10 nitrogen and oxygen atoms in total. The van der Waals surface area contributed by atoms with Crippen molar-refractivity contribution in [2.45, 2.75) is 63.9 Å². The molecular formula is C23H33N5O5S. The molecular weight excluding hydrogens is 458 g/mol. The van der Waals surface area contributed by atoms with Crippen molar-refractivity contribution in [1.82, 2.24) is 14.8 Å². The number of nitrogens with one attached hydrogen (secondary N) is 1. The second-order valence-corrected chi connectivity index (χ2v) is 12.5. The van der Waals surface area contributed by atoms with Crippen molar-refractivity contribution in [3.8, 4) is 0 Å². The smallest absolute Gasteiger partial charge is 0.437 e. The van der Waals surface area contributed by atoms with Gasteiger partial charge in [-0.3, -0.25) is 0 Å². The molecule has 2 aromatic heterocycles. The predicted molar refractivity (Wildman–Crippen MR) is 129 cm³/mol. The quantitative estimate of drug-likeness (QED) is 0.672. The van der Waals surface area contributed by atoms with E-state index in [1.165, 1.54) is 6.26 Å². The molecule has 1 aliphatic carbocycles. The second-order valence-electron chi connectivity index (χ2n) is 10.2. The third-order valence-electron chi connectivity index (χ3n) is 6.07. The topological polar surface area (TPSA) is 116 Å². The van der Waals surface area contributed by atoms with E-state index in [2.05, 4.69) is 15.3 Å². The van der Waals surface area contributed by atoms with Crippen LogP contribution in [0, 0.1) is 6.92 Å². The number of nitrogens with zero attached hydrogens (tertiary/aromatic N) is 4. The summed E-state index contributed by atoms with van der Waals surface area (Å²) < 4.78 is 36.6. The molecule has 1 atom stereocenters. The zero-order valence-electron chi connectivity index (χ0n) is 20.6. The van der Waals surface area contributed by atoms with Gasteiger partial charge in [-0.25, -0.2) is 18.2 Å². The van der Waals surface area contributed by atoms with Crippen molar-refractivity contribution in [2.75, 3.05) is 36.2 Å². The van der Waals surface area contributed by atoms with Gasteiger partial charge in [0, 0.05) is 18.9 Å². The van der Waals surface area contributed by atoms with Gasteiger partial charge in [-0.15, -0.1) is 4.68 Å². The molecule has 2 fully saturated rings. The molecule has 1 aliphatic heterocycles. The Morgan fingerprint density at radius 3 is 2.56 bits per heavy atom. The standard InChI is InChI=1S/C23H33N5O5S/c1-15-11-20(28(26-15)21(29)33-22(3,4)5)25-18-12-17(23(7-8-23)34(6,30)31)13-19(24-18)27-9-10-32-14-16(27)2/h11-13,16H,7-10,14H2,1-6H3,(H,24,25)/t16-/m1/s1. The van der Waals surface area contributed by atoms with Gasteiger partial charge >= 0.3 is 6.09 Å². The third-order valence-corrected chi connectivity index (χ3v) is 8.13. The van der Waals surface area contributed by atoms with Crippen LogP contribution in [0.5, 0.6) is 0 Å². The lowest BCUT2D eigenvalue weighted by Gasteiger charge is -2.35. The number of hydrogen-bond donors (Lipinski definition) is 1. The van der Waals surface area contributed by atoms with Crippen LogP contribution >= 0.6 is 0 Å². The second kappa shape index (κ2) is 8.53. The van der Waals surface area contributed by atoms with Gasteiger partial charge in [-0.05, 0) is 65.2 Å². The molecule has 1 N–H and O–H groups in total. The summed E-state index contributed by atoms with van der Waals surface area (Å²) in [7, 11) is -3.32. The fraction of sp³-hybridized carbons (Fsp3) is 0.609. The van der Waals surface area contributed by atoms with E-state index in [4.69, 9.17) is 14.5 Å². The van der Waals surface area contributed by atoms with Crippen molar-refractivity contribution in [1.29, 1.82) is 0 Å². The molecule has 3 heterocycles. The molecule has 0 amide bonds. The molecule has 1 saturated carbocycles. The van der Waals surface area contributed by atoms with Crippen molar-refractivity contribution < 1.29 is 22.7 Å². The number of ether oxygens (including phenoxy) is 2. The maximum Gasteiger partial charge on any atom is 0.437 e. The van der Waals surface area contributed by atoms with Crippen LogP contribution in [0.25, 0.3) is 0 Å². The lowest BCUT2D eigenvalue weighted by atomic mass is 10.1. The van der Waals surface area contributed by atoms with Gasteiger partial charge in [-0.1, -0.05) is 0 Å². The van der Waals surface area contributed by atoms with Crippen LogP contribution in [0.15, 0.2) is 18.2 Å². The summed E-state index contributed by atoms with van der Waals surface area (Å²) in [5.41, 5.74) is 0.641. The number of morpholine rings is 1. The minimum Gasteiger partial charge on any atom is -0.442 e. The Balaban J connectivity index is 1.75. The molecule has 11 heteroatoms. The van der Waals surface area contributed by atoms with Gasteiger partial charge in [0.2, 0.25) is 0 Å². The predicted octanol–water partition coefficient (Wildman–Crippen LogP) is 3.37. The lowest BCUT2D eigenvalue weighted by Crippen LogP contribution is -2.44. The Kier molecular flexibility index (Phi) is 6.14. The van der Waals surface area contributed by atoms with Gasteiger partial charge < -0.3 is 19.7 Å². The van der Waals surface area contributed by atoms with Crippen LogP contribution in [-0.2, 0) is 24.1 Å². The van der Waals surface area contributed by atoms with E-state index < -0.39 is 26.3 Å². The zero-order chi connectivity index (χ0) is 24.9. The summed E-state index contributed by atoms with van der Waals surface area (Å²) in [6, 6.07) is 5.44. The average molecular weight is 492 g/mol. The van der Waals surface area contributed by atoms with Crippen LogP contribution in [0.4, 0.5) is 22.2 Å². The number of anilines is 3. The maximum atomic E-state index is 12.7. The number of pyridine rings is 1. The highest BCUT2D eigenvalue weighted by Gasteiger charge is 2.54. The molecule has 0 aromatic carbocycles. The molecule has 186 valence electrons. The molecule has 4 rings (SSSR count). The number of sulfone groups is 1. The monoisotopic (exact) mass is 491 g/mol. The highest BCUT2D eigenvalue weighted by molar-refractivity contribution is 7.92. The average Bonchev–Trinajstić information content (AvgIpc) is 3.46. The number of carbonyl (C=O) groups is 1. The number of aromatic nitrogens is 3. The van der Waals surface area contributed by atoms with E-state index in [1.54, 1.807) is 39.8 Å². The molecule has 2 aromatic rings. The molecule has 1 saturated heterocycles. The first-order valence-corrected chi connectivity index (χ1v) is 13.3. The van der Waals surface area contributed by atoms with Crippen LogP contribution in [0.3, 0.4) is 0 Å². The van der Waals surface area contributed by atoms with E-state index in [9.17, 15) is 13.2 Å². The number of carbonyl (C=O) groups excluding carboxylic acids is 1. The molecule has 0 spiro atoms. The minimum atomic E-state index is -3.32. The molecule has 0 bridgehead atoms.